The smallest absolute Gasteiger partial charge is 0.313 e. The SMILES string of the molecule is C=CCCC(=O)NC[C@@H](OC(=O)[C@H]1[C@@H]2O[C@@]3(CC2Br)[C@@H]1C(=O)N([C@H](C)CO)[C@@H]3C(=O)N(CC=C)CCCC)c1ccccc1. The summed E-state index contributed by atoms with van der Waals surface area (Å²) in [5.74, 6) is -3.47. The van der Waals surface area contributed by atoms with Gasteiger partial charge in [-0.2, -0.15) is 0 Å². The molecule has 0 aliphatic carbocycles. The fraction of sp³-hybridized carbons (Fsp3) is 0.576. The Bertz CT molecular complexity index is 1230. The summed E-state index contributed by atoms with van der Waals surface area (Å²) in [6.45, 7) is 11.7. The van der Waals surface area contributed by atoms with Crippen LogP contribution in [0, 0.1) is 11.8 Å². The molecule has 44 heavy (non-hydrogen) atoms. The summed E-state index contributed by atoms with van der Waals surface area (Å²) >= 11 is 3.68. The fourth-order valence-corrected chi connectivity index (χ4v) is 7.73. The Labute approximate surface area is 267 Å². The van der Waals surface area contributed by atoms with Crippen LogP contribution < -0.4 is 5.32 Å². The monoisotopic (exact) mass is 673 g/mol. The third kappa shape index (κ3) is 6.50. The number of nitrogens with zero attached hydrogens (tertiary/aromatic N) is 2. The van der Waals surface area contributed by atoms with Crippen LogP contribution in [0.15, 0.2) is 55.6 Å². The molecule has 0 radical (unpaired) electrons. The van der Waals surface area contributed by atoms with E-state index >= 15 is 0 Å². The van der Waals surface area contributed by atoms with Crippen molar-refractivity contribution in [3.05, 3.63) is 61.2 Å². The van der Waals surface area contributed by atoms with Gasteiger partial charge >= 0.3 is 5.97 Å². The molecular weight excluding hydrogens is 630 g/mol. The van der Waals surface area contributed by atoms with Gasteiger partial charge in [-0.25, -0.2) is 0 Å². The van der Waals surface area contributed by atoms with Gasteiger partial charge in [-0.15, -0.1) is 13.2 Å². The number of fused-ring (bicyclic) bond motifs is 1. The number of aliphatic hydroxyl groups excluding tert-OH is 1. The molecule has 240 valence electrons. The number of hydrogen-bond donors (Lipinski definition) is 2. The number of hydrogen-bond acceptors (Lipinski definition) is 7. The number of carbonyl (C=O) groups is 4. The van der Waals surface area contributed by atoms with Crippen molar-refractivity contribution in [3.63, 3.8) is 0 Å². The molecule has 2 N–H and O–H groups in total. The molecule has 3 saturated heterocycles. The van der Waals surface area contributed by atoms with Crippen molar-refractivity contribution in [1.82, 2.24) is 15.1 Å². The summed E-state index contributed by atoms with van der Waals surface area (Å²) in [6, 6.07) is 7.40. The zero-order valence-corrected chi connectivity index (χ0v) is 27.1. The van der Waals surface area contributed by atoms with Gasteiger partial charge in [-0.1, -0.05) is 71.8 Å². The molecule has 1 spiro atoms. The Morgan fingerprint density at radius 3 is 2.64 bits per heavy atom. The number of rotatable bonds is 16. The molecule has 3 heterocycles. The normalized spacial score (nSPS) is 28.2. The zero-order valence-electron chi connectivity index (χ0n) is 25.5. The minimum Gasteiger partial charge on any atom is -0.455 e. The average Bonchev–Trinajstić information content (AvgIpc) is 3.62. The highest BCUT2D eigenvalue weighted by atomic mass is 79.9. The van der Waals surface area contributed by atoms with Gasteiger partial charge in [0, 0.05) is 24.3 Å². The third-order valence-corrected chi connectivity index (χ3v) is 9.75. The van der Waals surface area contributed by atoms with Crippen LogP contribution in [0.1, 0.15) is 57.6 Å². The molecule has 11 heteroatoms. The molecule has 3 amide bonds. The second kappa shape index (κ2) is 14.8. The van der Waals surface area contributed by atoms with Gasteiger partial charge in [-0.05, 0) is 31.7 Å². The number of halogens is 1. The molecule has 3 fully saturated rings. The fourth-order valence-electron chi connectivity index (χ4n) is 6.79. The van der Waals surface area contributed by atoms with Crippen LogP contribution in [-0.4, -0.2) is 93.5 Å². The Balaban J connectivity index is 1.66. The molecule has 10 nitrogen and oxygen atoms in total. The van der Waals surface area contributed by atoms with Gasteiger partial charge in [0.15, 0.2) is 0 Å². The van der Waals surface area contributed by atoms with Crippen LogP contribution in [0.4, 0.5) is 0 Å². The van der Waals surface area contributed by atoms with Crippen molar-refractivity contribution in [2.45, 2.75) is 80.7 Å². The van der Waals surface area contributed by atoms with Crippen LogP contribution >= 0.6 is 15.9 Å². The van der Waals surface area contributed by atoms with Gasteiger partial charge in [0.1, 0.15) is 17.7 Å². The standard InChI is InChI=1S/C33H44BrN3O7/c1-5-8-15-25(39)35-19-24(22-13-11-10-12-14-22)43-32(42)26-27-30(40)37(21(4)20-38)29(33(27)18-23(34)28(26)44-33)31(41)36(16-7-3)17-9-6-2/h5,7,10-14,21,23-24,26-29,38H,1,3,6,8-9,15-20H2,2,4H3,(H,35,39)/t21-,23?,24-,26-,27+,28-,29-,33+/m1/s1. The Hall–Kier alpha value is -3.02. The summed E-state index contributed by atoms with van der Waals surface area (Å²) in [5.41, 5.74) is -0.580. The van der Waals surface area contributed by atoms with Crippen LogP contribution in [0.25, 0.3) is 0 Å². The molecular formula is C33H44BrN3O7. The molecule has 4 rings (SSSR count). The Kier molecular flexibility index (Phi) is 11.4. The molecule has 0 saturated carbocycles. The zero-order chi connectivity index (χ0) is 32.0. The Morgan fingerprint density at radius 2 is 2.00 bits per heavy atom. The minimum atomic E-state index is -1.27. The first-order valence-electron chi connectivity index (χ1n) is 15.4. The summed E-state index contributed by atoms with van der Waals surface area (Å²) in [4.78, 5) is 57.7. The predicted octanol–water partition coefficient (Wildman–Crippen LogP) is 3.30. The van der Waals surface area contributed by atoms with E-state index in [1.807, 2.05) is 37.3 Å². The molecule has 0 aromatic heterocycles. The van der Waals surface area contributed by atoms with Crippen molar-refractivity contribution < 1.29 is 33.8 Å². The van der Waals surface area contributed by atoms with Gasteiger partial charge in [0.25, 0.3) is 0 Å². The largest absolute Gasteiger partial charge is 0.455 e. The number of ether oxygens (including phenoxy) is 2. The van der Waals surface area contributed by atoms with Crippen molar-refractivity contribution in [3.8, 4) is 0 Å². The molecule has 1 aromatic carbocycles. The molecule has 2 bridgehead atoms. The van der Waals surface area contributed by atoms with Crippen LogP contribution in [0.3, 0.4) is 0 Å². The first-order chi connectivity index (χ1) is 21.1. The topological polar surface area (TPSA) is 125 Å². The summed E-state index contributed by atoms with van der Waals surface area (Å²) in [6.07, 6.45) is 4.59. The number of esters is 1. The van der Waals surface area contributed by atoms with Crippen molar-refractivity contribution in [2.24, 2.45) is 11.8 Å². The second-order valence-corrected chi connectivity index (χ2v) is 13.0. The number of alkyl halides is 1. The number of unbranched alkanes of at least 4 members (excludes halogenated alkanes) is 1. The first-order valence-corrected chi connectivity index (χ1v) is 16.3. The Morgan fingerprint density at radius 1 is 1.27 bits per heavy atom. The maximum atomic E-state index is 14.3. The minimum absolute atomic E-state index is 0.0498. The summed E-state index contributed by atoms with van der Waals surface area (Å²) < 4.78 is 12.7. The lowest BCUT2D eigenvalue weighted by Crippen LogP contribution is -2.58. The second-order valence-electron chi connectivity index (χ2n) is 11.8. The third-order valence-electron chi connectivity index (χ3n) is 8.90. The summed E-state index contributed by atoms with van der Waals surface area (Å²) in [7, 11) is 0. The lowest BCUT2D eigenvalue weighted by molar-refractivity contribution is -0.161. The van der Waals surface area contributed by atoms with Gasteiger partial charge < -0.3 is 29.7 Å². The highest BCUT2D eigenvalue weighted by Crippen LogP contribution is 2.60. The van der Waals surface area contributed by atoms with Crippen molar-refractivity contribution >= 4 is 39.6 Å². The number of carbonyl (C=O) groups excluding carboxylic acids is 4. The van der Waals surface area contributed by atoms with E-state index < -0.39 is 53.6 Å². The highest BCUT2D eigenvalue weighted by Gasteiger charge is 2.77. The van der Waals surface area contributed by atoms with E-state index in [9.17, 15) is 24.3 Å². The van der Waals surface area contributed by atoms with Gasteiger partial charge in [-0.3, -0.25) is 19.2 Å². The predicted molar refractivity (Wildman–Crippen MR) is 168 cm³/mol. The van der Waals surface area contributed by atoms with Crippen LogP contribution in [-0.2, 0) is 28.7 Å². The number of likely N-dealkylation sites (tertiary alicyclic amines) is 1. The molecule has 1 aromatic rings. The van der Waals surface area contributed by atoms with Crippen LogP contribution in [0.5, 0.6) is 0 Å². The van der Waals surface area contributed by atoms with Crippen molar-refractivity contribution in [2.75, 3.05) is 26.2 Å². The molecule has 3 aliphatic rings. The van der Waals surface area contributed by atoms with Crippen molar-refractivity contribution in [1.29, 1.82) is 0 Å². The van der Waals surface area contributed by atoms with E-state index in [2.05, 4.69) is 34.4 Å². The van der Waals surface area contributed by atoms with E-state index in [0.29, 0.717) is 31.5 Å². The maximum absolute atomic E-state index is 14.3. The maximum Gasteiger partial charge on any atom is 0.313 e. The van der Waals surface area contributed by atoms with E-state index in [0.717, 1.165) is 12.8 Å². The number of allylic oxidation sites excluding steroid dienone is 1. The van der Waals surface area contributed by atoms with E-state index in [1.54, 1.807) is 24.0 Å². The lowest BCUT2D eigenvalue weighted by Gasteiger charge is -2.38. The van der Waals surface area contributed by atoms with Crippen LogP contribution in [0.2, 0.25) is 0 Å². The van der Waals surface area contributed by atoms with E-state index in [-0.39, 0.29) is 36.2 Å². The number of nitrogens with one attached hydrogen (secondary N) is 1. The van der Waals surface area contributed by atoms with Gasteiger partial charge in [0.2, 0.25) is 17.7 Å². The van der Waals surface area contributed by atoms with E-state index in [4.69, 9.17) is 9.47 Å². The molecule has 1 unspecified atom stereocenters. The number of benzene rings is 1. The average molecular weight is 675 g/mol. The first kappa shape index (κ1) is 33.9. The lowest BCUT2D eigenvalue weighted by atomic mass is 9.70. The quantitative estimate of drug-likeness (QED) is 0.157. The summed E-state index contributed by atoms with van der Waals surface area (Å²) in [5, 5.41) is 13.0. The van der Waals surface area contributed by atoms with Gasteiger partial charge in [0.05, 0.1) is 37.1 Å². The number of amides is 3. The van der Waals surface area contributed by atoms with E-state index in [1.165, 1.54) is 4.90 Å². The molecule has 3 aliphatic heterocycles. The number of aliphatic hydroxyl groups is 1. The highest BCUT2D eigenvalue weighted by molar-refractivity contribution is 9.09. The molecule has 8 atom stereocenters.